The molecule has 6 aliphatic carbocycles. The molecule has 42 heavy (non-hydrogen) atoms. The molecule has 1 heterocycles. The monoisotopic (exact) mass is 622 g/mol. The molecule has 11 nitrogen and oxygen atoms in total. The van der Waals surface area contributed by atoms with E-state index in [1.54, 1.807) is 0 Å². The van der Waals surface area contributed by atoms with Crippen molar-refractivity contribution >= 4 is 34.0 Å². The Kier molecular flexibility index (Phi) is 7.10. The van der Waals surface area contributed by atoms with Crippen molar-refractivity contribution in [2.45, 2.75) is 87.5 Å². The predicted octanol–water partition coefficient (Wildman–Crippen LogP) is 2.61. The number of ether oxygens (including phenoxy) is 4. The molecule has 0 spiro atoms. The largest absolute Gasteiger partial charge is 0.462 e. The van der Waals surface area contributed by atoms with Crippen LogP contribution >= 0.6 is 0 Å². The summed E-state index contributed by atoms with van der Waals surface area (Å²) < 4.78 is 91.3. The van der Waals surface area contributed by atoms with Gasteiger partial charge in [-0.2, -0.15) is 17.2 Å². The van der Waals surface area contributed by atoms with Gasteiger partial charge in [0.05, 0.1) is 24.7 Å². The molecule has 0 aromatic heterocycles. The van der Waals surface area contributed by atoms with Crippen molar-refractivity contribution in [2.24, 2.45) is 47.3 Å². The third kappa shape index (κ3) is 4.69. The number of carbonyl (C=O) groups excluding carboxylic acids is 4. The number of esters is 4. The van der Waals surface area contributed by atoms with Crippen molar-refractivity contribution in [1.29, 1.82) is 0 Å². The lowest BCUT2D eigenvalue weighted by atomic mass is 9.50. The first kappa shape index (κ1) is 29.6. The Bertz CT molecular complexity index is 1260. The molecule has 6 saturated carbocycles. The van der Waals surface area contributed by atoms with E-state index in [2.05, 4.69) is 4.74 Å². The van der Waals surface area contributed by atoms with Crippen molar-refractivity contribution in [3.63, 3.8) is 0 Å². The lowest BCUT2D eigenvalue weighted by molar-refractivity contribution is -0.211. The van der Waals surface area contributed by atoms with Gasteiger partial charge in [0, 0.05) is 11.8 Å². The number of hydrogen-bond acceptors (Lipinski definition) is 10. The van der Waals surface area contributed by atoms with E-state index in [1.165, 1.54) is 6.42 Å². The molecule has 1 N–H and O–H groups in total. The van der Waals surface area contributed by atoms with E-state index in [1.807, 2.05) is 6.92 Å². The van der Waals surface area contributed by atoms with Gasteiger partial charge < -0.3 is 18.9 Å². The average molecular weight is 623 g/mol. The molecule has 7 atom stereocenters. The molecule has 6 bridgehead atoms. The summed E-state index contributed by atoms with van der Waals surface area (Å²) in [5, 5.41) is -5.18. The van der Waals surface area contributed by atoms with Crippen molar-refractivity contribution in [1.82, 2.24) is 0 Å². The number of halogens is 3. The molecule has 0 amide bonds. The van der Waals surface area contributed by atoms with Crippen LogP contribution < -0.4 is 0 Å². The van der Waals surface area contributed by atoms with E-state index in [0.29, 0.717) is 18.3 Å². The van der Waals surface area contributed by atoms with E-state index in [9.17, 15) is 40.8 Å². The van der Waals surface area contributed by atoms with Gasteiger partial charge in [-0.1, -0.05) is 0 Å². The molecule has 0 aromatic rings. The van der Waals surface area contributed by atoms with Gasteiger partial charge in [0.1, 0.15) is 24.4 Å². The zero-order valence-electron chi connectivity index (χ0n) is 22.8. The summed E-state index contributed by atoms with van der Waals surface area (Å²) in [5.41, 5.74) is -0.606. The minimum atomic E-state index is -6.07. The second kappa shape index (κ2) is 10.1. The molecular weight excluding hydrogens is 589 g/mol. The van der Waals surface area contributed by atoms with E-state index in [4.69, 9.17) is 18.8 Å². The fourth-order valence-corrected chi connectivity index (χ4v) is 9.34. The first-order chi connectivity index (χ1) is 19.6. The summed E-state index contributed by atoms with van der Waals surface area (Å²) >= 11 is 0. The zero-order chi connectivity index (χ0) is 30.4. The first-order valence-corrected chi connectivity index (χ1v) is 15.8. The van der Waals surface area contributed by atoms with Crippen molar-refractivity contribution < 1.29 is 64.3 Å². The van der Waals surface area contributed by atoms with Gasteiger partial charge in [0.15, 0.2) is 0 Å². The lowest BCUT2D eigenvalue weighted by Gasteiger charge is -2.59. The van der Waals surface area contributed by atoms with Crippen LogP contribution in [0, 0.1) is 47.3 Å². The number of rotatable bonds is 10. The first-order valence-electron chi connectivity index (χ1n) is 14.4. The highest BCUT2D eigenvalue weighted by atomic mass is 32.2. The highest BCUT2D eigenvalue weighted by Crippen LogP contribution is 2.62. The molecule has 7 unspecified atom stereocenters. The Morgan fingerprint density at radius 3 is 2.21 bits per heavy atom. The Labute approximate surface area is 239 Å². The average Bonchev–Trinajstić information content (AvgIpc) is 3.52. The van der Waals surface area contributed by atoms with Crippen LogP contribution in [0.4, 0.5) is 13.2 Å². The quantitative estimate of drug-likeness (QED) is 0.217. The molecule has 1 saturated heterocycles. The van der Waals surface area contributed by atoms with Crippen LogP contribution in [0.3, 0.4) is 0 Å². The third-order valence-corrected chi connectivity index (χ3v) is 11.7. The van der Waals surface area contributed by atoms with Crippen LogP contribution in [0.2, 0.25) is 0 Å². The fourth-order valence-electron chi connectivity index (χ4n) is 8.95. The summed E-state index contributed by atoms with van der Waals surface area (Å²) in [5.74, 6) is -3.66. The zero-order valence-corrected chi connectivity index (χ0v) is 23.6. The van der Waals surface area contributed by atoms with E-state index in [0.717, 1.165) is 25.7 Å². The maximum Gasteiger partial charge on any atom is 0.403 e. The Morgan fingerprint density at radius 2 is 1.62 bits per heavy atom. The van der Waals surface area contributed by atoms with Gasteiger partial charge >= 0.3 is 39.2 Å². The van der Waals surface area contributed by atoms with Gasteiger partial charge in [0.25, 0.3) is 0 Å². The van der Waals surface area contributed by atoms with E-state index >= 15 is 0 Å². The number of fused-ring (bicyclic) bond motifs is 1. The second-order valence-electron chi connectivity index (χ2n) is 13.1. The number of alkyl halides is 3. The van der Waals surface area contributed by atoms with Gasteiger partial charge in [-0.15, -0.1) is 0 Å². The molecule has 234 valence electrons. The molecule has 15 heteroatoms. The number of hydrogen-bond donors (Lipinski definition) is 1. The SMILES string of the molecule is CC1(OC(=O)C2C3CC4C(OC(=O)C42)C3OC(=O)CCC(=O)OCC(F)C(F)(F)S(=O)(=O)O)C2CC3CC(C2)CC1C3. The molecule has 0 radical (unpaired) electrons. The summed E-state index contributed by atoms with van der Waals surface area (Å²) in [6.07, 6.45) is -0.729. The smallest absolute Gasteiger partial charge is 0.403 e. The maximum absolute atomic E-state index is 13.7. The van der Waals surface area contributed by atoms with Crippen LogP contribution in [-0.4, -0.2) is 72.7 Å². The summed E-state index contributed by atoms with van der Waals surface area (Å²) in [6, 6.07) is 0. The Morgan fingerprint density at radius 1 is 1.02 bits per heavy atom. The maximum atomic E-state index is 13.7. The highest BCUT2D eigenvalue weighted by Gasteiger charge is 2.71. The van der Waals surface area contributed by atoms with Crippen molar-refractivity contribution in [3.05, 3.63) is 0 Å². The van der Waals surface area contributed by atoms with Crippen LogP contribution in [0.25, 0.3) is 0 Å². The van der Waals surface area contributed by atoms with Gasteiger partial charge in [-0.25, -0.2) is 4.39 Å². The van der Waals surface area contributed by atoms with E-state index < -0.39 is 100 Å². The Balaban J connectivity index is 1.05. The molecule has 7 rings (SSSR count). The summed E-state index contributed by atoms with van der Waals surface area (Å²) in [6.45, 7) is 0.338. The molecule has 1 aliphatic heterocycles. The highest BCUT2D eigenvalue weighted by molar-refractivity contribution is 7.86. The van der Waals surface area contributed by atoms with Gasteiger partial charge in [-0.05, 0) is 69.1 Å². The molecule has 7 aliphatic rings. The van der Waals surface area contributed by atoms with Crippen LogP contribution in [0.1, 0.15) is 58.3 Å². The second-order valence-corrected chi connectivity index (χ2v) is 14.6. The summed E-state index contributed by atoms with van der Waals surface area (Å²) in [7, 11) is -6.07. The number of carbonyl (C=O) groups is 4. The molecule has 7 fully saturated rings. The van der Waals surface area contributed by atoms with Crippen molar-refractivity contribution in [2.75, 3.05) is 6.61 Å². The molecule has 0 aromatic carbocycles. The predicted molar refractivity (Wildman–Crippen MR) is 131 cm³/mol. The Hall–Kier alpha value is -2.42. The minimum Gasteiger partial charge on any atom is -0.462 e. The fraction of sp³-hybridized carbons (Fsp3) is 0.852. The lowest BCUT2D eigenvalue weighted by Crippen LogP contribution is -2.59. The van der Waals surface area contributed by atoms with Crippen LogP contribution in [-0.2, 0) is 48.2 Å². The van der Waals surface area contributed by atoms with Gasteiger partial charge in [0.2, 0.25) is 6.17 Å². The topological polar surface area (TPSA) is 160 Å². The van der Waals surface area contributed by atoms with E-state index in [-0.39, 0.29) is 17.8 Å². The standard InChI is InChI=1S/C27H33F3O11S/c1-26(13-5-11-4-12(7-13)8-14(26)6-11)41-25(34)21-16-9-15-20(21)24(33)40-23(15)22(16)39-19(32)3-2-18(31)38-10-17(28)27(29,30)42(35,36)37/h11-17,20-23H,2-10H2,1H3,(H,35,36,37). The molecular formula is C27H33F3O11S. The van der Waals surface area contributed by atoms with Crippen LogP contribution in [0.5, 0.6) is 0 Å². The third-order valence-electron chi connectivity index (χ3n) is 10.8. The van der Waals surface area contributed by atoms with Crippen molar-refractivity contribution in [3.8, 4) is 0 Å². The minimum absolute atomic E-state index is 0.278. The van der Waals surface area contributed by atoms with Gasteiger partial charge in [-0.3, -0.25) is 23.7 Å². The van der Waals surface area contributed by atoms with Crippen LogP contribution in [0.15, 0.2) is 0 Å². The summed E-state index contributed by atoms with van der Waals surface area (Å²) in [4.78, 5) is 50.9. The normalized spacial score (nSPS) is 41.9.